The lowest BCUT2D eigenvalue weighted by Gasteiger charge is -2.29. The molecule has 0 radical (unpaired) electrons. The van der Waals surface area contributed by atoms with E-state index in [4.69, 9.17) is 0 Å². The normalized spacial score (nSPS) is 13.1. The third kappa shape index (κ3) is 4.50. The Morgan fingerprint density at radius 3 is 1.88 bits per heavy atom. The topological polar surface area (TPSA) is 8.17 Å². The Kier molecular flexibility index (Phi) is 6.56. The molecule has 0 saturated heterocycles. The van der Waals surface area contributed by atoms with Gasteiger partial charge < -0.3 is 9.47 Å². The molecule has 0 amide bonds. The number of anilines is 3. The largest absolute Gasteiger partial charge is 0.310 e. The van der Waals surface area contributed by atoms with Crippen LogP contribution in [0.15, 0.2) is 182 Å². The first-order chi connectivity index (χ1) is 25.1. The van der Waals surface area contributed by atoms with Gasteiger partial charge in [-0.05, 0) is 87.3 Å². The quantitative estimate of drug-likeness (QED) is 0.180. The van der Waals surface area contributed by atoms with E-state index in [0.717, 1.165) is 22.7 Å². The van der Waals surface area contributed by atoms with Crippen molar-refractivity contribution in [3.63, 3.8) is 0 Å². The van der Waals surface area contributed by atoms with Gasteiger partial charge in [0.2, 0.25) is 0 Å². The molecule has 0 saturated carbocycles. The average molecular weight is 653 g/mol. The molecular formula is C49H36N2. The second-order valence-electron chi connectivity index (χ2n) is 14.2. The first-order valence-corrected chi connectivity index (χ1v) is 17.8. The van der Waals surface area contributed by atoms with Crippen LogP contribution in [0.1, 0.15) is 25.0 Å². The van der Waals surface area contributed by atoms with Crippen LogP contribution in [-0.4, -0.2) is 4.57 Å². The zero-order chi connectivity index (χ0) is 34.1. The Balaban J connectivity index is 1.23. The highest BCUT2D eigenvalue weighted by molar-refractivity contribution is 6.11. The molecule has 0 bridgehead atoms. The summed E-state index contributed by atoms with van der Waals surface area (Å²) in [6, 6.07) is 66.5. The zero-order valence-corrected chi connectivity index (χ0v) is 28.7. The van der Waals surface area contributed by atoms with Gasteiger partial charge in [0.25, 0.3) is 0 Å². The number of benzene rings is 8. The minimum Gasteiger partial charge on any atom is -0.310 e. The molecule has 1 heterocycles. The number of para-hydroxylation sites is 2. The maximum Gasteiger partial charge on any atom is 0.0561 e. The van der Waals surface area contributed by atoms with Gasteiger partial charge in [0, 0.05) is 38.6 Å². The van der Waals surface area contributed by atoms with Crippen LogP contribution in [-0.2, 0) is 5.41 Å². The van der Waals surface area contributed by atoms with Crippen molar-refractivity contribution in [2.24, 2.45) is 0 Å². The molecule has 9 aromatic rings. The van der Waals surface area contributed by atoms with Crippen molar-refractivity contribution < 1.29 is 0 Å². The van der Waals surface area contributed by atoms with Gasteiger partial charge in [-0.2, -0.15) is 0 Å². The van der Waals surface area contributed by atoms with E-state index in [0.29, 0.717) is 0 Å². The van der Waals surface area contributed by atoms with Crippen molar-refractivity contribution in [3.05, 3.63) is 193 Å². The van der Waals surface area contributed by atoms with Crippen molar-refractivity contribution in [2.75, 3.05) is 4.90 Å². The van der Waals surface area contributed by atoms with Gasteiger partial charge in [-0.25, -0.2) is 0 Å². The summed E-state index contributed by atoms with van der Waals surface area (Å²) >= 11 is 0. The molecule has 8 aromatic carbocycles. The molecule has 0 spiro atoms. The first-order valence-electron chi connectivity index (χ1n) is 17.8. The number of nitrogens with zero attached hydrogens (tertiary/aromatic N) is 2. The van der Waals surface area contributed by atoms with Gasteiger partial charge >= 0.3 is 0 Å². The molecule has 51 heavy (non-hydrogen) atoms. The molecule has 0 fully saturated rings. The number of aromatic nitrogens is 1. The van der Waals surface area contributed by atoms with Gasteiger partial charge in [-0.1, -0.05) is 147 Å². The van der Waals surface area contributed by atoms with Gasteiger partial charge in [0.1, 0.15) is 0 Å². The summed E-state index contributed by atoms with van der Waals surface area (Å²) in [5.74, 6) is 0. The standard InChI is InChI=1S/C49H36N2/c1-49(2)44-21-11-9-18-38(44)43-31-30-41-42(48(43)49)20-13-23-45(41)50(36-26-24-34(25-27-36)33-14-5-3-6-15-33)37-28-29-40-39-19-10-12-22-46(39)51(47(40)32-37)35-16-7-4-8-17-35/h3-32H,1-2H3. The molecule has 0 unspecified atom stereocenters. The van der Waals surface area contributed by atoms with Crippen molar-refractivity contribution in [3.8, 4) is 27.9 Å². The van der Waals surface area contributed by atoms with Crippen molar-refractivity contribution in [1.29, 1.82) is 0 Å². The molecule has 1 aliphatic carbocycles. The molecule has 2 nitrogen and oxygen atoms in total. The van der Waals surface area contributed by atoms with E-state index in [9.17, 15) is 0 Å². The summed E-state index contributed by atoms with van der Waals surface area (Å²) in [4.78, 5) is 2.45. The van der Waals surface area contributed by atoms with E-state index < -0.39 is 0 Å². The molecule has 242 valence electrons. The molecule has 10 rings (SSSR count). The molecule has 0 N–H and O–H groups in total. The van der Waals surface area contributed by atoms with Crippen LogP contribution in [0.5, 0.6) is 0 Å². The van der Waals surface area contributed by atoms with E-state index in [1.807, 2.05) is 0 Å². The van der Waals surface area contributed by atoms with E-state index in [1.165, 1.54) is 66.0 Å². The number of fused-ring (bicyclic) bond motifs is 8. The van der Waals surface area contributed by atoms with Gasteiger partial charge in [0.05, 0.1) is 16.7 Å². The Morgan fingerprint density at radius 1 is 0.431 bits per heavy atom. The molecule has 2 heteroatoms. The fraction of sp³-hybridized carbons (Fsp3) is 0.0612. The fourth-order valence-electron chi connectivity index (χ4n) is 8.65. The summed E-state index contributed by atoms with van der Waals surface area (Å²) < 4.78 is 2.40. The van der Waals surface area contributed by atoms with Crippen LogP contribution >= 0.6 is 0 Å². The highest BCUT2D eigenvalue weighted by atomic mass is 15.1. The SMILES string of the molecule is CC1(C)c2ccccc2-c2ccc3c(N(c4ccc(-c5ccccc5)cc4)c4ccc5c6ccccc6n(-c6ccccc6)c5c4)cccc3c21. The Bertz CT molecular complexity index is 2750. The second-order valence-corrected chi connectivity index (χ2v) is 14.2. The van der Waals surface area contributed by atoms with E-state index in [2.05, 4.69) is 205 Å². The zero-order valence-electron chi connectivity index (χ0n) is 28.7. The van der Waals surface area contributed by atoms with Crippen LogP contribution in [0.4, 0.5) is 17.1 Å². The highest BCUT2D eigenvalue weighted by Crippen LogP contribution is 2.53. The van der Waals surface area contributed by atoms with Crippen LogP contribution < -0.4 is 4.90 Å². The van der Waals surface area contributed by atoms with Crippen LogP contribution in [0.3, 0.4) is 0 Å². The summed E-state index contributed by atoms with van der Waals surface area (Å²) in [5, 5.41) is 5.04. The Hall–Kier alpha value is -6.38. The number of hydrogen-bond acceptors (Lipinski definition) is 1. The van der Waals surface area contributed by atoms with Gasteiger partial charge in [0.15, 0.2) is 0 Å². The fourth-order valence-corrected chi connectivity index (χ4v) is 8.65. The average Bonchev–Trinajstić information content (AvgIpc) is 3.64. The maximum absolute atomic E-state index is 2.45. The van der Waals surface area contributed by atoms with Crippen molar-refractivity contribution in [2.45, 2.75) is 19.3 Å². The van der Waals surface area contributed by atoms with Crippen molar-refractivity contribution in [1.82, 2.24) is 4.57 Å². The predicted octanol–water partition coefficient (Wildman–Crippen LogP) is 13.4. The smallest absolute Gasteiger partial charge is 0.0561 e. The lowest BCUT2D eigenvalue weighted by molar-refractivity contribution is 0.666. The van der Waals surface area contributed by atoms with Crippen LogP contribution in [0, 0.1) is 0 Å². The highest BCUT2D eigenvalue weighted by Gasteiger charge is 2.37. The summed E-state index contributed by atoms with van der Waals surface area (Å²) in [5.41, 5.74) is 14.7. The third-order valence-corrected chi connectivity index (χ3v) is 11.0. The minimum atomic E-state index is -0.109. The molecular weight excluding hydrogens is 617 g/mol. The maximum atomic E-state index is 2.45. The lowest BCUT2D eigenvalue weighted by Crippen LogP contribution is -2.16. The number of rotatable bonds is 5. The van der Waals surface area contributed by atoms with Gasteiger partial charge in [-0.15, -0.1) is 0 Å². The predicted molar refractivity (Wildman–Crippen MR) is 216 cm³/mol. The first kappa shape index (κ1) is 29.5. The van der Waals surface area contributed by atoms with E-state index in [1.54, 1.807) is 0 Å². The van der Waals surface area contributed by atoms with E-state index in [-0.39, 0.29) is 5.41 Å². The Labute approximate surface area is 298 Å². The van der Waals surface area contributed by atoms with Gasteiger partial charge in [-0.3, -0.25) is 0 Å². The molecule has 0 atom stereocenters. The van der Waals surface area contributed by atoms with Crippen LogP contribution in [0.25, 0.3) is 60.5 Å². The summed E-state index contributed by atoms with van der Waals surface area (Å²) in [6.07, 6.45) is 0. The monoisotopic (exact) mass is 652 g/mol. The molecule has 1 aromatic heterocycles. The second kappa shape index (κ2) is 11.3. The molecule has 0 aliphatic heterocycles. The third-order valence-electron chi connectivity index (χ3n) is 11.0. The van der Waals surface area contributed by atoms with Crippen LogP contribution in [0.2, 0.25) is 0 Å². The molecule has 1 aliphatic rings. The Morgan fingerprint density at radius 2 is 1.06 bits per heavy atom. The summed E-state index contributed by atoms with van der Waals surface area (Å²) in [6.45, 7) is 4.75. The minimum absolute atomic E-state index is 0.109. The summed E-state index contributed by atoms with van der Waals surface area (Å²) in [7, 11) is 0. The van der Waals surface area contributed by atoms with E-state index >= 15 is 0 Å². The van der Waals surface area contributed by atoms with Crippen molar-refractivity contribution >= 4 is 49.6 Å². The number of hydrogen-bond donors (Lipinski definition) is 0. The lowest BCUT2D eigenvalue weighted by atomic mass is 9.80.